The first-order valence-corrected chi connectivity index (χ1v) is 7.79. The fraction of sp³-hybridized carbons (Fsp3) is 0.846. The first kappa shape index (κ1) is 14.7. The van der Waals surface area contributed by atoms with Gasteiger partial charge in [-0.05, 0) is 13.0 Å². The molecule has 2 heterocycles. The molecule has 1 fully saturated rings. The Balaban J connectivity index is 2.00. The molecule has 0 radical (unpaired) electrons. The van der Waals surface area contributed by atoms with Crippen LogP contribution in [0.15, 0.2) is 0 Å². The van der Waals surface area contributed by atoms with E-state index >= 15 is 0 Å². The van der Waals surface area contributed by atoms with Crippen LogP contribution in [0.1, 0.15) is 33.0 Å². The highest BCUT2D eigenvalue weighted by Crippen LogP contribution is 2.25. The lowest BCUT2D eigenvalue weighted by Crippen LogP contribution is -2.33. The zero-order valence-electron chi connectivity index (χ0n) is 12.2. The minimum Gasteiger partial charge on any atom is -0.346 e. The van der Waals surface area contributed by atoms with Gasteiger partial charge in [0, 0.05) is 49.7 Å². The van der Waals surface area contributed by atoms with Gasteiger partial charge in [-0.15, -0.1) is 0 Å². The second-order valence-corrected chi connectivity index (χ2v) is 6.85. The minimum absolute atomic E-state index is 0.0339. The highest BCUT2D eigenvalue weighted by Gasteiger charge is 2.22. The van der Waals surface area contributed by atoms with Gasteiger partial charge in [0.25, 0.3) is 0 Å². The molecule has 1 aliphatic rings. The zero-order valence-corrected chi connectivity index (χ0v) is 13.0. The van der Waals surface area contributed by atoms with Crippen LogP contribution in [0.25, 0.3) is 0 Å². The van der Waals surface area contributed by atoms with Gasteiger partial charge in [0.1, 0.15) is 5.82 Å². The third-order valence-corrected chi connectivity index (χ3v) is 4.17. The van der Waals surface area contributed by atoms with Crippen molar-refractivity contribution in [2.24, 2.45) is 5.73 Å². The summed E-state index contributed by atoms with van der Waals surface area (Å²) in [7, 11) is 0. The Morgan fingerprint density at radius 1 is 1.21 bits per heavy atom. The zero-order chi connectivity index (χ0) is 13.9. The van der Waals surface area contributed by atoms with E-state index < -0.39 is 0 Å². The Hall–Kier alpha value is -0.720. The van der Waals surface area contributed by atoms with Crippen LogP contribution >= 0.6 is 11.5 Å². The van der Waals surface area contributed by atoms with Crippen LogP contribution in [0.3, 0.4) is 0 Å². The van der Waals surface area contributed by atoms with Gasteiger partial charge in [-0.25, -0.2) is 4.98 Å². The number of hydrogen-bond acceptors (Lipinski definition) is 6. The summed E-state index contributed by atoms with van der Waals surface area (Å²) in [6.07, 6.45) is 1.17. The first-order chi connectivity index (χ1) is 9.00. The number of hydrogen-bond donors (Lipinski definition) is 1. The quantitative estimate of drug-likeness (QED) is 0.906. The van der Waals surface area contributed by atoms with E-state index in [0.717, 1.165) is 50.2 Å². The van der Waals surface area contributed by atoms with Gasteiger partial charge in [0.15, 0.2) is 0 Å². The molecule has 2 rings (SSSR count). The monoisotopic (exact) mass is 283 g/mol. The summed E-state index contributed by atoms with van der Waals surface area (Å²) in [6, 6.07) is 0. The molecular weight excluding hydrogens is 258 g/mol. The van der Waals surface area contributed by atoms with Crippen molar-refractivity contribution in [1.82, 2.24) is 14.3 Å². The Kier molecular flexibility index (Phi) is 4.76. The van der Waals surface area contributed by atoms with E-state index in [2.05, 4.69) is 34.9 Å². The number of rotatable bonds is 3. The lowest BCUT2D eigenvalue weighted by Gasteiger charge is -2.20. The molecule has 1 aromatic heterocycles. The summed E-state index contributed by atoms with van der Waals surface area (Å²) in [6.45, 7) is 12.5. The molecule has 5 nitrogen and oxygen atoms in total. The molecule has 0 unspecified atom stereocenters. The van der Waals surface area contributed by atoms with E-state index in [1.54, 1.807) is 0 Å². The van der Waals surface area contributed by atoms with Crippen molar-refractivity contribution >= 4 is 16.7 Å². The number of nitrogens with zero attached hydrogens (tertiary/aromatic N) is 4. The van der Waals surface area contributed by atoms with Crippen molar-refractivity contribution in [2.75, 3.05) is 44.2 Å². The van der Waals surface area contributed by atoms with E-state index in [-0.39, 0.29) is 5.41 Å². The van der Waals surface area contributed by atoms with Gasteiger partial charge < -0.3 is 15.5 Å². The smallest absolute Gasteiger partial charge is 0.205 e. The molecule has 108 valence electrons. The molecule has 1 aliphatic heterocycles. The Bertz CT molecular complexity index is 398. The van der Waals surface area contributed by atoms with Gasteiger partial charge in [0.05, 0.1) is 0 Å². The SMILES string of the molecule is CC(C)(C)c1nsc(N2CCCN(CCN)CC2)n1. The summed E-state index contributed by atoms with van der Waals surface area (Å²) in [5.41, 5.74) is 5.67. The molecule has 0 aromatic carbocycles. The standard InChI is InChI=1S/C13H25N5S/c1-13(2,3)11-15-12(19-16-11)18-7-4-6-17(8-5-14)9-10-18/h4-10,14H2,1-3H3. The lowest BCUT2D eigenvalue weighted by atomic mass is 9.96. The average Bonchev–Trinajstić information content (AvgIpc) is 2.72. The summed E-state index contributed by atoms with van der Waals surface area (Å²) >= 11 is 1.53. The van der Waals surface area contributed by atoms with E-state index in [9.17, 15) is 0 Å². The molecular formula is C13H25N5S. The Morgan fingerprint density at radius 3 is 2.63 bits per heavy atom. The first-order valence-electron chi connectivity index (χ1n) is 7.02. The average molecular weight is 283 g/mol. The topological polar surface area (TPSA) is 58.3 Å². The summed E-state index contributed by atoms with van der Waals surface area (Å²) in [5, 5.41) is 1.07. The molecule has 0 spiro atoms. The van der Waals surface area contributed by atoms with Gasteiger partial charge in [-0.3, -0.25) is 0 Å². The third kappa shape index (κ3) is 3.87. The van der Waals surface area contributed by atoms with Crippen LogP contribution < -0.4 is 10.6 Å². The molecule has 0 bridgehead atoms. The molecule has 0 aliphatic carbocycles. The van der Waals surface area contributed by atoms with Crippen molar-refractivity contribution < 1.29 is 0 Å². The summed E-state index contributed by atoms with van der Waals surface area (Å²) in [4.78, 5) is 9.51. The van der Waals surface area contributed by atoms with Crippen molar-refractivity contribution in [1.29, 1.82) is 0 Å². The van der Waals surface area contributed by atoms with Crippen LogP contribution in [0, 0.1) is 0 Å². The predicted octanol–water partition coefficient (Wildman–Crippen LogP) is 1.31. The number of nitrogens with two attached hydrogens (primary N) is 1. The number of anilines is 1. The maximum Gasteiger partial charge on any atom is 0.205 e. The highest BCUT2D eigenvalue weighted by atomic mass is 32.1. The molecule has 1 saturated heterocycles. The van der Waals surface area contributed by atoms with E-state index in [4.69, 9.17) is 10.7 Å². The largest absolute Gasteiger partial charge is 0.346 e. The van der Waals surface area contributed by atoms with Gasteiger partial charge in [0.2, 0.25) is 5.13 Å². The maximum atomic E-state index is 5.63. The van der Waals surface area contributed by atoms with E-state index in [0.29, 0.717) is 0 Å². The van der Waals surface area contributed by atoms with Crippen molar-refractivity contribution in [3.8, 4) is 0 Å². The third-order valence-electron chi connectivity index (χ3n) is 3.39. The van der Waals surface area contributed by atoms with Crippen LogP contribution in [0.5, 0.6) is 0 Å². The second kappa shape index (κ2) is 6.15. The molecule has 19 heavy (non-hydrogen) atoms. The molecule has 6 heteroatoms. The highest BCUT2D eigenvalue weighted by molar-refractivity contribution is 7.09. The predicted molar refractivity (Wildman–Crippen MR) is 80.9 cm³/mol. The molecule has 2 N–H and O–H groups in total. The molecule has 0 amide bonds. The van der Waals surface area contributed by atoms with Crippen LogP contribution in [0.2, 0.25) is 0 Å². The summed E-state index contributed by atoms with van der Waals surface area (Å²) < 4.78 is 4.50. The van der Waals surface area contributed by atoms with Crippen molar-refractivity contribution in [3.05, 3.63) is 5.82 Å². The van der Waals surface area contributed by atoms with Crippen molar-refractivity contribution in [3.63, 3.8) is 0 Å². The normalized spacial score (nSPS) is 18.6. The molecule has 0 atom stereocenters. The minimum atomic E-state index is 0.0339. The maximum absolute atomic E-state index is 5.63. The summed E-state index contributed by atoms with van der Waals surface area (Å²) in [5.74, 6) is 0.954. The van der Waals surface area contributed by atoms with Crippen LogP contribution in [0.4, 0.5) is 5.13 Å². The van der Waals surface area contributed by atoms with Crippen LogP contribution in [-0.2, 0) is 5.41 Å². The lowest BCUT2D eigenvalue weighted by molar-refractivity contribution is 0.302. The fourth-order valence-electron chi connectivity index (χ4n) is 2.22. The van der Waals surface area contributed by atoms with E-state index in [1.165, 1.54) is 18.0 Å². The van der Waals surface area contributed by atoms with E-state index in [1.807, 2.05) is 0 Å². The van der Waals surface area contributed by atoms with Crippen molar-refractivity contribution in [2.45, 2.75) is 32.6 Å². The number of aromatic nitrogens is 2. The molecule has 0 saturated carbocycles. The molecule has 1 aromatic rings. The van der Waals surface area contributed by atoms with Gasteiger partial charge in [-0.2, -0.15) is 4.37 Å². The van der Waals surface area contributed by atoms with Gasteiger partial charge in [-0.1, -0.05) is 20.8 Å². The van der Waals surface area contributed by atoms with Gasteiger partial charge >= 0.3 is 0 Å². The Labute approximate surface area is 120 Å². The fourth-order valence-corrected chi connectivity index (χ4v) is 3.13. The Morgan fingerprint density at radius 2 is 2.00 bits per heavy atom. The second-order valence-electron chi connectivity index (χ2n) is 6.12. The van der Waals surface area contributed by atoms with Crippen LogP contribution in [-0.4, -0.2) is 53.5 Å².